The minimum absolute atomic E-state index is 0.0248. The lowest BCUT2D eigenvalue weighted by molar-refractivity contribution is -0.135. The van der Waals surface area contributed by atoms with Crippen LogP contribution in [-0.4, -0.2) is 50.2 Å². The second-order valence-electron chi connectivity index (χ2n) is 6.29. The van der Waals surface area contributed by atoms with E-state index in [9.17, 15) is 17.6 Å². The van der Waals surface area contributed by atoms with E-state index in [1.165, 1.54) is 16.4 Å². The van der Waals surface area contributed by atoms with Crippen LogP contribution in [0.4, 0.5) is 4.39 Å². The summed E-state index contributed by atoms with van der Waals surface area (Å²) in [7, 11) is -1.95. The molecule has 0 N–H and O–H groups in total. The zero-order valence-corrected chi connectivity index (χ0v) is 13.4. The van der Waals surface area contributed by atoms with Gasteiger partial charge in [0, 0.05) is 26.7 Å². The molecule has 2 heterocycles. The van der Waals surface area contributed by atoms with Crippen LogP contribution in [0.2, 0.25) is 0 Å². The molecule has 2 aliphatic rings. The van der Waals surface area contributed by atoms with E-state index < -0.39 is 21.3 Å². The Morgan fingerprint density at radius 2 is 1.91 bits per heavy atom. The molecule has 22 heavy (non-hydrogen) atoms. The summed E-state index contributed by atoms with van der Waals surface area (Å²) in [6.07, 6.45) is 0.680. The summed E-state index contributed by atoms with van der Waals surface area (Å²) >= 11 is 0. The quantitative estimate of drug-likeness (QED) is 0.823. The number of benzene rings is 1. The number of sulfonamides is 1. The Morgan fingerprint density at radius 1 is 1.27 bits per heavy atom. The van der Waals surface area contributed by atoms with E-state index in [1.807, 2.05) is 6.92 Å². The molecular weight excluding hydrogens is 307 g/mol. The number of nitrogens with zero attached hydrogens (tertiary/aromatic N) is 2. The number of likely N-dealkylation sites (tertiary alicyclic amines) is 1. The van der Waals surface area contributed by atoms with Crippen molar-refractivity contribution in [3.63, 3.8) is 0 Å². The molecule has 0 saturated carbocycles. The molecule has 2 atom stereocenters. The number of halogens is 1. The van der Waals surface area contributed by atoms with Gasteiger partial charge in [0.05, 0.1) is 10.3 Å². The maximum absolute atomic E-state index is 13.0. The summed E-state index contributed by atoms with van der Waals surface area (Å²) in [5.41, 5.74) is -0.609. The van der Waals surface area contributed by atoms with E-state index in [4.69, 9.17) is 0 Å². The smallest absolute Gasteiger partial charge is 0.243 e. The van der Waals surface area contributed by atoms with Gasteiger partial charge >= 0.3 is 0 Å². The third-order valence-corrected chi connectivity index (χ3v) is 6.82. The number of rotatable bonds is 2. The molecule has 7 heteroatoms. The predicted octanol–water partition coefficient (Wildman–Crippen LogP) is 1.31. The van der Waals surface area contributed by atoms with Crippen molar-refractivity contribution in [3.05, 3.63) is 30.1 Å². The van der Waals surface area contributed by atoms with Crippen LogP contribution < -0.4 is 0 Å². The Labute approximate surface area is 129 Å². The Balaban J connectivity index is 1.91. The molecule has 0 aliphatic carbocycles. The number of hydrogen-bond acceptors (Lipinski definition) is 3. The maximum Gasteiger partial charge on any atom is 0.243 e. The molecule has 0 aromatic heterocycles. The topological polar surface area (TPSA) is 57.7 Å². The van der Waals surface area contributed by atoms with E-state index in [1.54, 1.807) is 11.9 Å². The summed E-state index contributed by atoms with van der Waals surface area (Å²) in [5, 5.41) is 0. The van der Waals surface area contributed by atoms with Gasteiger partial charge in [0.1, 0.15) is 5.82 Å². The van der Waals surface area contributed by atoms with Crippen molar-refractivity contribution in [2.75, 3.05) is 26.7 Å². The maximum atomic E-state index is 13.0. The molecule has 2 aliphatic heterocycles. The lowest BCUT2D eigenvalue weighted by atomic mass is 9.78. The minimum atomic E-state index is -3.70. The fraction of sp³-hybridized carbons (Fsp3) is 0.533. The highest BCUT2D eigenvalue weighted by atomic mass is 32.2. The zero-order chi connectivity index (χ0) is 16.1. The van der Waals surface area contributed by atoms with Crippen molar-refractivity contribution >= 4 is 15.9 Å². The van der Waals surface area contributed by atoms with Crippen molar-refractivity contribution in [2.45, 2.75) is 18.2 Å². The van der Waals surface area contributed by atoms with Crippen LogP contribution in [-0.2, 0) is 14.8 Å². The van der Waals surface area contributed by atoms with Gasteiger partial charge in [0.25, 0.3) is 0 Å². The largest absolute Gasteiger partial charge is 0.345 e. The Hall–Kier alpha value is -1.47. The van der Waals surface area contributed by atoms with Crippen molar-refractivity contribution in [2.24, 2.45) is 11.3 Å². The first-order valence-corrected chi connectivity index (χ1v) is 8.73. The van der Waals surface area contributed by atoms with Crippen LogP contribution >= 0.6 is 0 Å². The normalized spacial score (nSPS) is 29.7. The van der Waals surface area contributed by atoms with E-state index in [0.29, 0.717) is 19.5 Å². The molecule has 1 aromatic rings. The number of amides is 1. The second kappa shape index (κ2) is 5.03. The summed E-state index contributed by atoms with van der Waals surface area (Å²) in [6.45, 7) is 3.11. The van der Waals surface area contributed by atoms with Gasteiger partial charge < -0.3 is 4.90 Å². The van der Waals surface area contributed by atoms with Crippen LogP contribution in [0.5, 0.6) is 0 Å². The number of carbonyl (C=O) groups excluding carboxylic acids is 1. The van der Waals surface area contributed by atoms with Crippen LogP contribution in [0.25, 0.3) is 0 Å². The first kappa shape index (κ1) is 15.4. The van der Waals surface area contributed by atoms with Crippen LogP contribution in [0, 0.1) is 17.2 Å². The Kier molecular flexibility index (Phi) is 3.52. The standard InChI is InChI=1S/C15H19FN2O3S/c1-11-9-18(10-15(11)7-8-17(2)14(15)19)22(20,21)13-5-3-12(16)4-6-13/h3-6,11H,7-10H2,1-2H3/t11-,15-/m1/s1. The third kappa shape index (κ3) is 2.14. The highest BCUT2D eigenvalue weighted by Crippen LogP contribution is 2.45. The first-order valence-electron chi connectivity index (χ1n) is 7.29. The zero-order valence-electron chi connectivity index (χ0n) is 12.6. The molecule has 1 spiro atoms. The average molecular weight is 326 g/mol. The summed E-state index contributed by atoms with van der Waals surface area (Å²) < 4.78 is 39.7. The van der Waals surface area contributed by atoms with Crippen molar-refractivity contribution < 1.29 is 17.6 Å². The van der Waals surface area contributed by atoms with Crippen molar-refractivity contribution in [1.29, 1.82) is 0 Å². The van der Waals surface area contributed by atoms with E-state index in [2.05, 4.69) is 0 Å². The molecular formula is C15H19FN2O3S. The molecule has 0 unspecified atom stereocenters. The van der Waals surface area contributed by atoms with Crippen LogP contribution in [0.1, 0.15) is 13.3 Å². The van der Waals surface area contributed by atoms with Gasteiger partial charge in [-0.05, 0) is 36.6 Å². The van der Waals surface area contributed by atoms with Gasteiger partial charge in [-0.15, -0.1) is 0 Å². The molecule has 3 rings (SSSR count). The van der Waals surface area contributed by atoms with Crippen molar-refractivity contribution in [3.8, 4) is 0 Å². The SMILES string of the molecule is C[C@@H]1CN(S(=O)(=O)c2ccc(F)cc2)C[C@]12CCN(C)C2=O. The predicted molar refractivity (Wildman–Crippen MR) is 79.0 cm³/mol. The molecule has 5 nitrogen and oxygen atoms in total. The summed E-state index contributed by atoms with van der Waals surface area (Å²) in [6, 6.07) is 4.80. The molecule has 0 bridgehead atoms. The number of hydrogen-bond donors (Lipinski definition) is 0. The van der Waals surface area contributed by atoms with Gasteiger partial charge in [-0.1, -0.05) is 6.92 Å². The Bertz CT molecular complexity index is 704. The molecule has 1 aromatic carbocycles. The summed E-state index contributed by atoms with van der Waals surface area (Å²) in [5.74, 6) is -0.477. The van der Waals surface area contributed by atoms with Crippen LogP contribution in [0.3, 0.4) is 0 Å². The molecule has 120 valence electrons. The van der Waals surface area contributed by atoms with Gasteiger partial charge in [-0.25, -0.2) is 12.8 Å². The number of carbonyl (C=O) groups is 1. The third-order valence-electron chi connectivity index (χ3n) is 5.00. The lowest BCUT2D eigenvalue weighted by Crippen LogP contribution is -2.39. The lowest BCUT2D eigenvalue weighted by Gasteiger charge is -2.25. The van der Waals surface area contributed by atoms with E-state index >= 15 is 0 Å². The fourth-order valence-corrected chi connectivity index (χ4v) is 5.11. The molecule has 0 radical (unpaired) electrons. The average Bonchev–Trinajstić information content (AvgIpc) is 2.96. The highest BCUT2D eigenvalue weighted by Gasteiger charge is 2.56. The van der Waals surface area contributed by atoms with Crippen LogP contribution in [0.15, 0.2) is 29.2 Å². The minimum Gasteiger partial charge on any atom is -0.345 e. The van der Waals surface area contributed by atoms with Gasteiger partial charge in [0.15, 0.2) is 0 Å². The first-order chi connectivity index (χ1) is 10.3. The fourth-order valence-electron chi connectivity index (χ4n) is 3.51. The van der Waals surface area contributed by atoms with Gasteiger partial charge in [-0.3, -0.25) is 4.79 Å². The molecule has 1 amide bonds. The molecule has 2 fully saturated rings. The van der Waals surface area contributed by atoms with Gasteiger partial charge in [-0.2, -0.15) is 4.31 Å². The van der Waals surface area contributed by atoms with E-state index in [0.717, 1.165) is 12.1 Å². The monoisotopic (exact) mass is 326 g/mol. The Morgan fingerprint density at radius 3 is 2.45 bits per heavy atom. The highest BCUT2D eigenvalue weighted by molar-refractivity contribution is 7.89. The van der Waals surface area contributed by atoms with Gasteiger partial charge in [0.2, 0.25) is 15.9 Å². The van der Waals surface area contributed by atoms with Crippen molar-refractivity contribution in [1.82, 2.24) is 9.21 Å². The summed E-state index contributed by atoms with van der Waals surface area (Å²) in [4.78, 5) is 14.2. The second-order valence-corrected chi connectivity index (χ2v) is 8.22. The van der Waals surface area contributed by atoms with E-state index in [-0.39, 0.29) is 23.3 Å². The molecule has 2 saturated heterocycles.